The lowest BCUT2D eigenvalue weighted by molar-refractivity contribution is 0.0600. The van der Waals surface area contributed by atoms with Gasteiger partial charge >= 0.3 is 5.97 Å². The molecule has 1 rings (SSSR count). The van der Waals surface area contributed by atoms with Gasteiger partial charge in [-0.2, -0.15) is 0 Å². The number of hydrogen-bond acceptors (Lipinski definition) is 2. The second-order valence-corrected chi connectivity index (χ2v) is 3.81. The SMILES string of the molecule is CCc1ccc(C(=O)OC)cc1I. The molecule has 0 unspecified atom stereocenters. The van der Waals surface area contributed by atoms with Gasteiger partial charge in [-0.05, 0) is 46.7 Å². The molecule has 1 aromatic carbocycles. The summed E-state index contributed by atoms with van der Waals surface area (Å²) in [6.07, 6.45) is 0.986. The van der Waals surface area contributed by atoms with E-state index < -0.39 is 0 Å². The zero-order chi connectivity index (χ0) is 9.84. The van der Waals surface area contributed by atoms with Crippen molar-refractivity contribution in [1.29, 1.82) is 0 Å². The van der Waals surface area contributed by atoms with Crippen LogP contribution in [-0.4, -0.2) is 13.1 Å². The summed E-state index contributed by atoms with van der Waals surface area (Å²) in [5.41, 5.74) is 1.87. The predicted molar refractivity (Wildman–Crippen MR) is 59.9 cm³/mol. The van der Waals surface area contributed by atoms with Crippen LogP contribution in [0.3, 0.4) is 0 Å². The third kappa shape index (κ3) is 2.43. The first-order valence-corrected chi connectivity index (χ1v) is 5.13. The maximum absolute atomic E-state index is 11.1. The normalized spacial score (nSPS) is 9.77. The smallest absolute Gasteiger partial charge is 0.337 e. The van der Waals surface area contributed by atoms with Crippen LogP contribution in [0.15, 0.2) is 18.2 Å². The summed E-state index contributed by atoms with van der Waals surface area (Å²) >= 11 is 2.23. The van der Waals surface area contributed by atoms with E-state index in [-0.39, 0.29) is 5.97 Å². The molecule has 0 fully saturated rings. The van der Waals surface area contributed by atoms with Gasteiger partial charge in [-0.1, -0.05) is 13.0 Å². The molecule has 0 amide bonds. The van der Waals surface area contributed by atoms with Crippen LogP contribution in [0.25, 0.3) is 0 Å². The van der Waals surface area contributed by atoms with Gasteiger partial charge in [-0.3, -0.25) is 0 Å². The van der Waals surface area contributed by atoms with Crippen molar-refractivity contribution in [1.82, 2.24) is 0 Å². The average molecular weight is 290 g/mol. The minimum atomic E-state index is -0.277. The molecule has 0 atom stereocenters. The van der Waals surface area contributed by atoms with Gasteiger partial charge in [-0.15, -0.1) is 0 Å². The van der Waals surface area contributed by atoms with Gasteiger partial charge in [0.15, 0.2) is 0 Å². The fraction of sp³-hybridized carbons (Fsp3) is 0.300. The zero-order valence-electron chi connectivity index (χ0n) is 7.63. The summed E-state index contributed by atoms with van der Waals surface area (Å²) in [5, 5.41) is 0. The molecule has 0 aliphatic rings. The standard InChI is InChI=1S/C10H11IO2/c1-3-7-4-5-8(6-9(7)11)10(12)13-2/h4-6H,3H2,1-2H3. The number of esters is 1. The van der Waals surface area contributed by atoms with Crippen LogP contribution in [0, 0.1) is 3.57 Å². The molecular weight excluding hydrogens is 279 g/mol. The molecule has 3 heteroatoms. The Kier molecular flexibility index (Phi) is 3.71. The lowest BCUT2D eigenvalue weighted by Gasteiger charge is -2.03. The molecule has 1 aromatic rings. The maximum Gasteiger partial charge on any atom is 0.337 e. The number of rotatable bonds is 2. The molecule has 0 aromatic heterocycles. The molecule has 70 valence electrons. The van der Waals surface area contributed by atoms with Gasteiger partial charge in [-0.25, -0.2) is 4.79 Å². The molecular formula is C10H11IO2. The Labute approximate surface area is 91.4 Å². The molecule has 0 heterocycles. The van der Waals surface area contributed by atoms with Gasteiger partial charge < -0.3 is 4.74 Å². The zero-order valence-corrected chi connectivity index (χ0v) is 9.79. The minimum Gasteiger partial charge on any atom is -0.465 e. The molecule has 0 aliphatic heterocycles. The van der Waals surface area contributed by atoms with Crippen LogP contribution in [0.2, 0.25) is 0 Å². The van der Waals surface area contributed by atoms with Crippen LogP contribution in [0.5, 0.6) is 0 Å². The van der Waals surface area contributed by atoms with Crippen molar-refractivity contribution in [3.63, 3.8) is 0 Å². The largest absolute Gasteiger partial charge is 0.465 e. The number of aryl methyl sites for hydroxylation is 1. The van der Waals surface area contributed by atoms with E-state index in [9.17, 15) is 4.79 Å². The number of benzene rings is 1. The minimum absolute atomic E-state index is 0.277. The highest BCUT2D eigenvalue weighted by atomic mass is 127. The summed E-state index contributed by atoms with van der Waals surface area (Å²) in [4.78, 5) is 11.1. The molecule has 0 saturated carbocycles. The van der Waals surface area contributed by atoms with Crippen molar-refractivity contribution < 1.29 is 9.53 Å². The Morgan fingerprint density at radius 2 is 2.23 bits per heavy atom. The summed E-state index contributed by atoms with van der Waals surface area (Å²) in [7, 11) is 1.39. The van der Waals surface area contributed by atoms with E-state index in [1.165, 1.54) is 12.7 Å². The molecule has 0 bridgehead atoms. The average Bonchev–Trinajstić information content (AvgIpc) is 2.16. The Balaban J connectivity index is 3.02. The summed E-state index contributed by atoms with van der Waals surface area (Å²) < 4.78 is 5.74. The number of hydrogen-bond donors (Lipinski definition) is 0. The van der Waals surface area contributed by atoms with Crippen molar-refractivity contribution in [2.75, 3.05) is 7.11 Å². The van der Waals surface area contributed by atoms with Crippen molar-refractivity contribution in [3.8, 4) is 0 Å². The van der Waals surface area contributed by atoms with E-state index in [0.29, 0.717) is 5.56 Å². The first-order chi connectivity index (χ1) is 6.19. The van der Waals surface area contributed by atoms with E-state index in [0.717, 1.165) is 9.99 Å². The first-order valence-electron chi connectivity index (χ1n) is 4.05. The number of carbonyl (C=O) groups excluding carboxylic acids is 1. The Morgan fingerprint density at radius 1 is 1.54 bits per heavy atom. The maximum atomic E-state index is 11.1. The quantitative estimate of drug-likeness (QED) is 0.618. The summed E-state index contributed by atoms with van der Waals surface area (Å²) in [6, 6.07) is 5.62. The molecule has 0 N–H and O–H groups in total. The molecule has 0 saturated heterocycles. The second kappa shape index (κ2) is 4.60. The third-order valence-electron chi connectivity index (χ3n) is 1.86. The summed E-state index contributed by atoms with van der Waals surface area (Å²) in [5.74, 6) is -0.277. The molecule has 0 spiro atoms. The molecule has 0 aliphatic carbocycles. The van der Waals surface area contributed by atoms with E-state index >= 15 is 0 Å². The third-order valence-corrected chi connectivity index (χ3v) is 2.86. The van der Waals surface area contributed by atoms with Gasteiger partial charge in [0, 0.05) is 3.57 Å². The predicted octanol–water partition coefficient (Wildman–Crippen LogP) is 2.64. The Hall–Kier alpha value is -0.580. The Morgan fingerprint density at radius 3 is 2.69 bits per heavy atom. The van der Waals surface area contributed by atoms with E-state index in [2.05, 4.69) is 34.3 Å². The van der Waals surface area contributed by atoms with Crippen molar-refractivity contribution in [2.24, 2.45) is 0 Å². The fourth-order valence-electron chi connectivity index (χ4n) is 1.08. The number of methoxy groups -OCH3 is 1. The van der Waals surface area contributed by atoms with E-state index in [1.807, 2.05) is 12.1 Å². The number of carbonyl (C=O) groups is 1. The van der Waals surface area contributed by atoms with Gasteiger partial charge in [0.05, 0.1) is 12.7 Å². The van der Waals surface area contributed by atoms with Gasteiger partial charge in [0.2, 0.25) is 0 Å². The topological polar surface area (TPSA) is 26.3 Å². The van der Waals surface area contributed by atoms with Crippen LogP contribution >= 0.6 is 22.6 Å². The molecule has 0 radical (unpaired) electrons. The molecule has 13 heavy (non-hydrogen) atoms. The van der Waals surface area contributed by atoms with Crippen molar-refractivity contribution >= 4 is 28.6 Å². The van der Waals surface area contributed by atoms with Gasteiger partial charge in [0.25, 0.3) is 0 Å². The Bertz CT molecular complexity index is 321. The number of halogens is 1. The first kappa shape index (κ1) is 10.5. The van der Waals surface area contributed by atoms with Crippen LogP contribution < -0.4 is 0 Å². The lowest BCUT2D eigenvalue weighted by Crippen LogP contribution is -2.02. The molecule has 2 nitrogen and oxygen atoms in total. The van der Waals surface area contributed by atoms with E-state index in [4.69, 9.17) is 0 Å². The van der Waals surface area contributed by atoms with Crippen LogP contribution in [0.1, 0.15) is 22.8 Å². The van der Waals surface area contributed by atoms with E-state index in [1.54, 1.807) is 6.07 Å². The van der Waals surface area contributed by atoms with Crippen LogP contribution in [-0.2, 0) is 11.2 Å². The van der Waals surface area contributed by atoms with Crippen LogP contribution in [0.4, 0.5) is 0 Å². The number of ether oxygens (including phenoxy) is 1. The highest BCUT2D eigenvalue weighted by Gasteiger charge is 2.06. The lowest BCUT2D eigenvalue weighted by atomic mass is 10.1. The van der Waals surface area contributed by atoms with Crippen molar-refractivity contribution in [2.45, 2.75) is 13.3 Å². The van der Waals surface area contributed by atoms with Gasteiger partial charge in [0.1, 0.15) is 0 Å². The highest BCUT2D eigenvalue weighted by Crippen LogP contribution is 2.15. The highest BCUT2D eigenvalue weighted by molar-refractivity contribution is 14.1. The van der Waals surface area contributed by atoms with Crippen molar-refractivity contribution in [3.05, 3.63) is 32.9 Å². The monoisotopic (exact) mass is 290 g/mol. The second-order valence-electron chi connectivity index (χ2n) is 2.65. The summed E-state index contributed by atoms with van der Waals surface area (Å²) in [6.45, 7) is 2.09. The fourth-order valence-corrected chi connectivity index (χ4v) is 1.98.